The van der Waals surface area contributed by atoms with Crippen LogP contribution in [0, 0.1) is 0 Å². The summed E-state index contributed by atoms with van der Waals surface area (Å²) in [7, 11) is 3.06. The molecule has 0 saturated carbocycles. The highest BCUT2D eigenvalue weighted by Gasteiger charge is 2.13. The molecule has 6 nitrogen and oxygen atoms in total. The van der Waals surface area contributed by atoms with Crippen LogP contribution in [0.5, 0.6) is 11.5 Å². The molecule has 2 amide bonds. The zero-order chi connectivity index (χ0) is 20.5. The molecule has 0 bridgehead atoms. The van der Waals surface area contributed by atoms with Gasteiger partial charge in [-0.2, -0.15) is 0 Å². The summed E-state index contributed by atoms with van der Waals surface area (Å²) in [6.45, 7) is 2.41. The standard InChI is InChI=1S/C21H23ClN2O4/c1-4-28-17-9-5-15(6-10-17)7-12-21(26)24(2)14-20(25)23-18-13-16(22)8-11-19(18)27-3/h5-13H,4,14H2,1-3H3,(H,23,25)/b12-7+. The number of halogens is 1. The molecule has 0 fully saturated rings. The van der Waals surface area contributed by atoms with Crippen molar-refractivity contribution in [3.05, 3.63) is 59.1 Å². The number of amides is 2. The zero-order valence-electron chi connectivity index (χ0n) is 16.1. The lowest BCUT2D eigenvalue weighted by atomic mass is 10.2. The highest BCUT2D eigenvalue weighted by atomic mass is 35.5. The molecule has 1 N–H and O–H groups in total. The first kappa shape index (κ1) is 21.3. The molecule has 0 heterocycles. The fourth-order valence-corrected chi connectivity index (χ4v) is 2.57. The number of likely N-dealkylation sites (N-methyl/N-ethyl adjacent to an activating group) is 1. The van der Waals surface area contributed by atoms with Crippen LogP contribution in [-0.2, 0) is 9.59 Å². The van der Waals surface area contributed by atoms with Crippen LogP contribution in [0.4, 0.5) is 5.69 Å². The second kappa shape index (κ2) is 10.4. The number of hydrogen-bond acceptors (Lipinski definition) is 4. The Kier molecular flexibility index (Phi) is 7.89. The molecule has 2 rings (SSSR count). The van der Waals surface area contributed by atoms with Crippen LogP contribution in [0.3, 0.4) is 0 Å². The first-order valence-electron chi connectivity index (χ1n) is 8.72. The second-order valence-electron chi connectivity index (χ2n) is 5.92. The molecule has 148 valence electrons. The number of methoxy groups -OCH3 is 1. The van der Waals surface area contributed by atoms with Gasteiger partial charge in [0.25, 0.3) is 0 Å². The Labute approximate surface area is 169 Å². The van der Waals surface area contributed by atoms with Crippen molar-refractivity contribution in [1.29, 1.82) is 0 Å². The largest absolute Gasteiger partial charge is 0.495 e. The maximum absolute atomic E-state index is 12.2. The molecule has 28 heavy (non-hydrogen) atoms. The number of nitrogens with zero attached hydrogens (tertiary/aromatic N) is 1. The summed E-state index contributed by atoms with van der Waals surface area (Å²) < 4.78 is 10.6. The third-order valence-electron chi connectivity index (χ3n) is 3.80. The predicted octanol–water partition coefficient (Wildman–Crippen LogP) is 3.86. The summed E-state index contributed by atoms with van der Waals surface area (Å²) in [6, 6.07) is 12.3. The Morgan fingerprint density at radius 2 is 1.89 bits per heavy atom. The van der Waals surface area contributed by atoms with E-state index in [4.69, 9.17) is 21.1 Å². The average Bonchev–Trinajstić information content (AvgIpc) is 2.67. The molecule has 0 aliphatic heterocycles. The number of benzene rings is 2. The van der Waals surface area contributed by atoms with Crippen LogP contribution in [-0.4, -0.2) is 44.0 Å². The van der Waals surface area contributed by atoms with E-state index in [0.29, 0.717) is 23.1 Å². The Balaban J connectivity index is 1.92. The Morgan fingerprint density at radius 3 is 2.54 bits per heavy atom. The first-order chi connectivity index (χ1) is 13.4. The lowest BCUT2D eigenvalue weighted by Crippen LogP contribution is -2.33. The van der Waals surface area contributed by atoms with Gasteiger partial charge in [0.15, 0.2) is 0 Å². The number of hydrogen-bond donors (Lipinski definition) is 1. The number of carbonyl (C=O) groups excluding carboxylic acids is 2. The minimum Gasteiger partial charge on any atom is -0.495 e. The van der Waals surface area contributed by atoms with Crippen molar-refractivity contribution in [1.82, 2.24) is 4.90 Å². The quantitative estimate of drug-likeness (QED) is 0.681. The molecular formula is C21H23ClN2O4. The maximum Gasteiger partial charge on any atom is 0.246 e. The van der Waals surface area contributed by atoms with Crippen molar-refractivity contribution in [2.24, 2.45) is 0 Å². The Bertz CT molecular complexity index is 850. The number of nitrogens with one attached hydrogen (secondary N) is 1. The van der Waals surface area contributed by atoms with Gasteiger partial charge in [0.05, 0.1) is 25.9 Å². The smallest absolute Gasteiger partial charge is 0.246 e. The van der Waals surface area contributed by atoms with Crippen LogP contribution in [0.2, 0.25) is 5.02 Å². The fourth-order valence-electron chi connectivity index (χ4n) is 2.40. The van der Waals surface area contributed by atoms with Gasteiger partial charge < -0.3 is 19.7 Å². The molecule has 0 atom stereocenters. The monoisotopic (exact) mass is 402 g/mol. The van der Waals surface area contributed by atoms with Crippen LogP contribution in [0.25, 0.3) is 6.08 Å². The number of carbonyl (C=O) groups is 2. The normalized spacial score (nSPS) is 10.6. The molecule has 0 aromatic heterocycles. The number of anilines is 1. The van der Waals surface area contributed by atoms with Gasteiger partial charge in [0.1, 0.15) is 11.5 Å². The SMILES string of the molecule is CCOc1ccc(/C=C/C(=O)N(C)CC(=O)Nc2cc(Cl)ccc2OC)cc1. The first-order valence-corrected chi connectivity index (χ1v) is 9.10. The van der Waals surface area contributed by atoms with Crippen molar-refractivity contribution in [3.8, 4) is 11.5 Å². The highest BCUT2D eigenvalue weighted by molar-refractivity contribution is 6.31. The minimum absolute atomic E-state index is 0.109. The molecule has 0 aliphatic rings. The zero-order valence-corrected chi connectivity index (χ0v) is 16.8. The van der Waals surface area contributed by atoms with Gasteiger partial charge in [-0.25, -0.2) is 0 Å². The number of rotatable bonds is 8. The summed E-state index contributed by atoms with van der Waals surface area (Å²) in [4.78, 5) is 25.8. The van der Waals surface area contributed by atoms with Crippen molar-refractivity contribution in [2.75, 3.05) is 32.6 Å². The van der Waals surface area contributed by atoms with Gasteiger partial charge in [0, 0.05) is 18.1 Å². The molecule has 0 spiro atoms. The third-order valence-corrected chi connectivity index (χ3v) is 4.04. The van der Waals surface area contributed by atoms with E-state index in [1.807, 2.05) is 31.2 Å². The van der Waals surface area contributed by atoms with E-state index in [1.165, 1.54) is 18.1 Å². The number of ether oxygens (including phenoxy) is 2. The van der Waals surface area contributed by atoms with E-state index in [9.17, 15) is 9.59 Å². The topological polar surface area (TPSA) is 67.9 Å². The van der Waals surface area contributed by atoms with Gasteiger partial charge >= 0.3 is 0 Å². The Morgan fingerprint density at radius 1 is 1.18 bits per heavy atom. The van der Waals surface area contributed by atoms with Crippen molar-refractivity contribution in [2.45, 2.75) is 6.92 Å². The molecule has 0 saturated heterocycles. The maximum atomic E-state index is 12.2. The lowest BCUT2D eigenvalue weighted by Gasteiger charge is -2.16. The van der Waals surface area contributed by atoms with Crippen LogP contribution in [0.1, 0.15) is 12.5 Å². The van der Waals surface area contributed by atoms with Crippen LogP contribution >= 0.6 is 11.6 Å². The van der Waals surface area contributed by atoms with Gasteiger partial charge in [-0.3, -0.25) is 9.59 Å². The van der Waals surface area contributed by atoms with E-state index in [0.717, 1.165) is 11.3 Å². The molecule has 2 aromatic rings. The van der Waals surface area contributed by atoms with Crippen molar-refractivity contribution >= 4 is 35.2 Å². The molecule has 2 aromatic carbocycles. The van der Waals surface area contributed by atoms with E-state index in [1.54, 1.807) is 31.3 Å². The Hall–Kier alpha value is -2.99. The van der Waals surface area contributed by atoms with E-state index >= 15 is 0 Å². The van der Waals surface area contributed by atoms with Gasteiger partial charge in [0.2, 0.25) is 11.8 Å². The second-order valence-corrected chi connectivity index (χ2v) is 6.36. The summed E-state index contributed by atoms with van der Waals surface area (Å²) in [5.41, 5.74) is 1.31. The van der Waals surface area contributed by atoms with Crippen molar-refractivity contribution in [3.63, 3.8) is 0 Å². The van der Waals surface area contributed by atoms with Crippen molar-refractivity contribution < 1.29 is 19.1 Å². The molecule has 0 unspecified atom stereocenters. The summed E-state index contributed by atoms with van der Waals surface area (Å²) in [6.07, 6.45) is 3.11. The highest BCUT2D eigenvalue weighted by Crippen LogP contribution is 2.27. The predicted molar refractivity (Wildman–Crippen MR) is 111 cm³/mol. The average molecular weight is 403 g/mol. The molecule has 0 aliphatic carbocycles. The fraction of sp³-hybridized carbons (Fsp3) is 0.238. The summed E-state index contributed by atoms with van der Waals surface area (Å²) in [5.74, 6) is 0.617. The van der Waals surface area contributed by atoms with E-state index in [-0.39, 0.29) is 18.4 Å². The van der Waals surface area contributed by atoms with Crippen LogP contribution < -0.4 is 14.8 Å². The molecule has 0 radical (unpaired) electrons. The summed E-state index contributed by atoms with van der Waals surface area (Å²) >= 11 is 5.95. The molecule has 7 heteroatoms. The van der Waals surface area contributed by atoms with Gasteiger partial charge in [-0.15, -0.1) is 0 Å². The van der Waals surface area contributed by atoms with E-state index in [2.05, 4.69) is 5.32 Å². The third kappa shape index (κ3) is 6.32. The molecular weight excluding hydrogens is 380 g/mol. The summed E-state index contributed by atoms with van der Waals surface area (Å²) in [5, 5.41) is 3.17. The minimum atomic E-state index is -0.356. The lowest BCUT2D eigenvalue weighted by molar-refractivity contribution is -0.129. The van der Waals surface area contributed by atoms with Crippen LogP contribution in [0.15, 0.2) is 48.5 Å². The van der Waals surface area contributed by atoms with Gasteiger partial charge in [-0.05, 0) is 48.9 Å². The van der Waals surface area contributed by atoms with Gasteiger partial charge in [-0.1, -0.05) is 23.7 Å². The van der Waals surface area contributed by atoms with E-state index < -0.39 is 0 Å².